The Morgan fingerprint density at radius 2 is 1.90 bits per heavy atom. The van der Waals surface area contributed by atoms with E-state index in [0.717, 1.165) is 10.0 Å². The molecule has 2 aromatic carbocycles. The largest absolute Gasteiger partial charge is 0.489 e. The molecule has 0 fully saturated rings. The number of anilines is 1. The van der Waals surface area contributed by atoms with Crippen LogP contribution in [0.4, 0.5) is 5.69 Å². The standard InChI is InChI=1S/C16H16BrNO3/c1-2-20-16(19)14-9-13(7-8-15(14)18)21-10-11-3-5-12(17)6-4-11/h3-9H,2,10,18H2,1H3. The first-order valence-electron chi connectivity index (χ1n) is 6.54. The Bertz CT molecular complexity index is 626. The van der Waals surface area contributed by atoms with Crippen LogP contribution in [0.2, 0.25) is 0 Å². The first-order chi connectivity index (χ1) is 10.1. The van der Waals surface area contributed by atoms with Crippen molar-refractivity contribution in [1.29, 1.82) is 0 Å². The maximum Gasteiger partial charge on any atom is 0.340 e. The van der Waals surface area contributed by atoms with Crippen molar-refractivity contribution in [3.63, 3.8) is 0 Å². The van der Waals surface area contributed by atoms with Gasteiger partial charge in [0.15, 0.2) is 0 Å². The zero-order valence-corrected chi connectivity index (χ0v) is 13.2. The molecule has 0 spiro atoms. The van der Waals surface area contributed by atoms with Crippen LogP contribution >= 0.6 is 15.9 Å². The third-order valence-corrected chi connectivity index (χ3v) is 3.37. The zero-order valence-electron chi connectivity index (χ0n) is 11.6. The normalized spacial score (nSPS) is 10.2. The van der Waals surface area contributed by atoms with Crippen LogP contribution in [0, 0.1) is 0 Å². The summed E-state index contributed by atoms with van der Waals surface area (Å²) in [6, 6.07) is 12.8. The van der Waals surface area contributed by atoms with Crippen LogP contribution in [0.15, 0.2) is 46.9 Å². The molecule has 0 aromatic heterocycles. The number of halogens is 1. The molecule has 0 bridgehead atoms. The quantitative estimate of drug-likeness (QED) is 0.658. The fourth-order valence-corrected chi connectivity index (χ4v) is 2.02. The second-order valence-corrected chi connectivity index (χ2v) is 5.30. The van der Waals surface area contributed by atoms with Crippen LogP contribution in [0.5, 0.6) is 5.75 Å². The fraction of sp³-hybridized carbons (Fsp3) is 0.188. The van der Waals surface area contributed by atoms with Crippen LogP contribution < -0.4 is 10.5 Å². The molecule has 2 aromatic rings. The monoisotopic (exact) mass is 349 g/mol. The molecule has 0 aliphatic carbocycles. The number of carbonyl (C=O) groups is 1. The number of hydrogen-bond acceptors (Lipinski definition) is 4. The lowest BCUT2D eigenvalue weighted by Gasteiger charge is -2.10. The first-order valence-corrected chi connectivity index (χ1v) is 7.33. The van der Waals surface area contributed by atoms with Crippen LogP contribution in [-0.2, 0) is 11.3 Å². The summed E-state index contributed by atoms with van der Waals surface area (Å²) in [7, 11) is 0. The highest BCUT2D eigenvalue weighted by molar-refractivity contribution is 9.10. The molecule has 0 heterocycles. The summed E-state index contributed by atoms with van der Waals surface area (Å²) < 4.78 is 11.7. The number of esters is 1. The van der Waals surface area contributed by atoms with Crippen molar-refractivity contribution in [2.75, 3.05) is 12.3 Å². The Balaban J connectivity index is 2.08. The van der Waals surface area contributed by atoms with E-state index in [-0.39, 0.29) is 0 Å². The van der Waals surface area contributed by atoms with Gasteiger partial charge in [0.25, 0.3) is 0 Å². The predicted molar refractivity (Wildman–Crippen MR) is 85.3 cm³/mol. The number of hydrogen-bond donors (Lipinski definition) is 1. The van der Waals surface area contributed by atoms with Crippen molar-refractivity contribution < 1.29 is 14.3 Å². The average Bonchev–Trinajstić information content (AvgIpc) is 2.48. The summed E-state index contributed by atoms with van der Waals surface area (Å²) in [5, 5.41) is 0. The lowest BCUT2D eigenvalue weighted by molar-refractivity contribution is 0.0527. The second kappa shape index (κ2) is 7.13. The highest BCUT2D eigenvalue weighted by Crippen LogP contribution is 2.22. The summed E-state index contributed by atoms with van der Waals surface area (Å²) in [5.41, 5.74) is 7.52. The minimum Gasteiger partial charge on any atom is -0.489 e. The first kappa shape index (κ1) is 15.4. The Morgan fingerprint density at radius 3 is 2.57 bits per heavy atom. The highest BCUT2D eigenvalue weighted by Gasteiger charge is 2.12. The van der Waals surface area contributed by atoms with Crippen LogP contribution in [0.25, 0.3) is 0 Å². The second-order valence-electron chi connectivity index (χ2n) is 4.38. The van der Waals surface area contributed by atoms with Gasteiger partial charge in [-0.1, -0.05) is 28.1 Å². The van der Waals surface area contributed by atoms with E-state index in [2.05, 4.69) is 15.9 Å². The van der Waals surface area contributed by atoms with Gasteiger partial charge in [0, 0.05) is 10.2 Å². The average molecular weight is 350 g/mol. The molecule has 5 heteroatoms. The molecular formula is C16H16BrNO3. The molecule has 2 rings (SSSR count). The molecule has 4 nitrogen and oxygen atoms in total. The molecule has 0 amide bonds. The predicted octanol–water partition coefficient (Wildman–Crippen LogP) is 3.79. The van der Waals surface area contributed by atoms with Crippen molar-refractivity contribution in [2.24, 2.45) is 0 Å². The highest BCUT2D eigenvalue weighted by atomic mass is 79.9. The van der Waals surface area contributed by atoms with Crippen molar-refractivity contribution in [1.82, 2.24) is 0 Å². The molecule has 110 valence electrons. The Kier molecular flexibility index (Phi) is 5.22. The molecule has 21 heavy (non-hydrogen) atoms. The zero-order chi connectivity index (χ0) is 15.2. The van der Waals surface area contributed by atoms with Gasteiger partial charge in [-0.3, -0.25) is 0 Å². The minimum atomic E-state index is -0.441. The van der Waals surface area contributed by atoms with E-state index in [1.54, 1.807) is 25.1 Å². The van der Waals surface area contributed by atoms with Crippen LogP contribution in [-0.4, -0.2) is 12.6 Å². The molecule has 0 aliphatic heterocycles. The lowest BCUT2D eigenvalue weighted by atomic mass is 10.1. The van der Waals surface area contributed by atoms with E-state index in [9.17, 15) is 4.79 Å². The molecule has 0 saturated heterocycles. The van der Waals surface area contributed by atoms with Gasteiger partial charge in [0.2, 0.25) is 0 Å². The maximum atomic E-state index is 11.8. The Hall–Kier alpha value is -2.01. The van der Waals surface area contributed by atoms with E-state index in [4.69, 9.17) is 15.2 Å². The number of carbonyl (C=O) groups excluding carboxylic acids is 1. The topological polar surface area (TPSA) is 61.5 Å². The van der Waals surface area contributed by atoms with Crippen molar-refractivity contribution in [2.45, 2.75) is 13.5 Å². The van der Waals surface area contributed by atoms with E-state index < -0.39 is 5.97 Å². The summed E-state index contributed by atoms with van der Waals surface area (Å²) in [6.07, 6.45) is 0. The number of rotatable bonds is 5. The summed E-state index contributed by atoms with van der Waals surface area (Å²) >= 11 is 3.38. The van der Waals surface area contributed by atoms with Crippen LogP contribution in [0.1, 0.15) is 22.8 Å². The minimum absolute atomic E-state index is 0.308. The SMILES string of the molecule is CCOC(=O)c1cc(OCc2ccc(Br)cc2)ccc1N. The summed E-state index contributed by atoms with van der Waals surface area (Å²) in [4.78, 5) is 11.8. The van der Waals surface area contributed by atoms with Crippen molar-refractivity contribution in [3.05, 3.63) is 58.1 Å². The molecule has 0 radical (unpaired) electrons. The number of nitrogen functional groups attached to an aromatic ring is 1. The van der Waals surface area contributed by atoms with Gasteiger partial charge in [-0.25, -0.2) is 4.79 Å². The van der Waals surface area contributed by atoms with Gasteiger partial charge < -0.3 is 15.2 Å². The van der Waals surface area contributed by atoms with Crippen molar-refractivity contribution >= 4 is 27.6 Å². The van der Waals surface area contributed by atoms with Crippen LogP contribution in [0.3, 0.4) is 0 Å². The van der Waals surface area contributed by atoms with Gasteiger partial charge in [0.05, 0.1) is 12.2 Å². The summed E-state index contributed by atoms with van der Waals surface area (Å²) in [6.45, 7) is 2.48. The maximum absolute atomic E-state index is 11.8. The number of ether oxygens (including phenoxy) is 2. The van der Waals surface area contributed by atoms with E-state index in [0.29, 0.717) is 30.2 Å². The molecule has 0 atom stereocenters. The third kappa shape index (κ3) is 4.23. The molecular weight excluding hydrogens is 334 g/mol. The fourth-order valence-electron chi connectivity index (χ4n) is 1.76. The molecule has 0 unspecified atom stereocenters. The smallest absolute Gasteiger partial charge is 0.340 e. The van der Waals surface area contributed by atoms with Gasteiger partial charge in [-0.05, 0) is 42.8 Å². The number of nitrogens with two attached hydrogens (primary N) is 1. The molecule has 0 saturated carbocycles. The van der Waals surface area contributed by atoms with Gasteiger partial charge >= 0.3 is 5.97 Å². The summed E-state index contributed by atoms with van der Waals surface area (Å²) in [5.74, 6) is 0.138. The third-order valence-electron chi connectivity index (χ3n) is 2.84. The van der Waals surface area contributed by atoms with Gasteiger partial charge in [0.1, 0.15) is 12.4 Å². The van der Waals surface area contributed by atoms with Crippen molar-refractivity contribution in [3.8, 4) is 5.75 Å². The Labute approximate surface area is 132 Å². The van der Waals surface area contributed by atoms with Gasteiger partial charge in [-0.2, -0.15) is 0 Å². The lowest BCUT2D eigenvalue weighted by Crippen LogP contribution is -2.08. The van der Waals surface area contributed by atoms with E-state index >= 15 is 0 Å². The van der Waals surface area contributed by atoms with E-state index in [1.165, 1.54) is 0 Å². The number of benzene rings is 2. The Morgan fingerprint density at radius 1 is 1.19 bits per heavy atom. The molecule has 0 aliphatic rings. The molecule has 2 N–H and O–H groups in total. The van der Waals surface area contributed by atoms with Gasteiger partial charge in [-0.15, -0.1) is 0 Å². The van der Waals surface area contributed by atoms with E-state index in [1.807, 2.05) is 24.3 Å².